The highest BCUT2D eigenvalue weighted by Gasteiger charge is 2.20. The lowest BCUT2D eigenvalue weighted by Gasteiger charge is -2.23. The van der Waals surface area contributed by atoms with E-state index in [0.717, 1.165) is 24.0 Å². The first-order chi connectivity index (χ1) is 17.1. The molecular formula is C27H23N3O5. The zero-order chi connectivity index (χ0) is 24.4. The number of furan rings is 1. The summed E-state index contributed by atoms with van der Waals surface area (Å²) in [7, 11) is 1.52. The van der Waals surface area contributed by atoms with Gasteiger partial charge in [-0.1, -0.05) is 6.07 Å². The molecule has 0 radical (unpaired) electrons. The highest BCUT2D eigenvalue weighted by molar-refractivity contribution is 5.95. The lowest BCUT2D eigenvalue weighted by atomic mass is 10.0. The summed E-state index contributed by atoms with van der Waals surface area (Å²) in [6.07, 6.45) is 4.84. The number of benzene rings is 1. The maximum Gasteiger partial charge on any atom is 0.161 e. The number of rotatable bonds is 6. The molecule has 35 heavy (non-hydrogen) atoms. The van der Waals surface area contributed by atoms with E-state index < -0.39 is 0 Å². The van der Waals surface area contributed by atoms with Gasteiger partial charge in [0.25, 0.3) is 0 Å². The molecule has 1 saturated heterocycles. The SMILES string of the molecule is COc1cc(C(C)=O)cnc1-c1cc2nccc(-c3ccc(OC4CCOCC4)c(C#N)c3)c2o1. The van der Waals surface area contributed by atoms with E-state index in [0.29, 0.717) is 58.4 Å². The largest absolute Gasteiger partial charge is 0.494 e. The average Bonchev–Trinajstić information content (AvgIpc) is 3.33. The van der Waals surface area contributed by atoms with E-state index in [-0.39, 0.29) is 11.9 Å². The molecule has 1 aliphatic rings. The van der Waals surface area contributed by atoms with Gasteiger partial charge >= 0.3 is 0 Å². The van der Waals surface area contributed by atoms with Crippen LogP contribution in [0.1, 0.15) is 35.7 Å². The molecule has 8 heteroatoms. The van der Waals surface area contributed by atoms with E-state index >= 15 is 0 Å². The van der Waals surface area contributed by atoms with Crippen molar-refractivity contribution in [3.8, 4) is 40.1 Å². The molecule has 176 valence electrons. The Kier molecular flexibility index (Phi) is 6.17. The molecule has 4 heterocycles. The predicted octanol–water partition coefficient (Wildman–Crippen LogP) is 5.20. The second-order valence-electron chi connectivity index (χ2n) is 8.27. The number of Topliss-reactive ketones (excluding diaryl/α,β-unsaturated/α-hetero) is 1. The van der Waals surface area contributed by atoms with Crippen LogP contribution in [0, 0.1) is 11.3 Å². The van der Waals surface area contributed by atoms with Gasteiger partial charge in [-0.05, 0) is 36.8 Å². The fourth-order valence-corrected chi connectivity index (χ4v) is 4.12. The van der Waals surface area contributed by atoms with Gasteiger partial charge in [0.2, 0.25) is 0 Å². The molecule has 0 aliphatic carbocycles. The molecule has 0 atom stereocenters. The number of pyridine rings is 2. The molecule has 1 fully saturated rings. The number of aromatic nitrogens is 2. The van der Waals surface area contributed by atoms with Crippen molar-refractivity contribution in [2.75, 3.05) is 20.3 Å². The summed E-state index contributed by atoms with van der Waals surface area (Å²) >= 11 is 0. The van der Waals surface area contributed by atoms with Crippen molar-refractivity contribution in [1.82, 2.24) is 9.97 Å². The number of hydrogen-bond acceptors (Lipinski definition) is 8. The number of methoxy groups -OCH3 is 1. The van der Waals surface area contributed by atoms with Crippen molar-refractivity contribution in [2.45, 2.75) is 25.9 Å². The van der Waals surface area contributed by atoms with Crippen LogP contribution in [0.2, 0.25) is 0 Å². The number of ether oxygens (including phenoxy) is 3. The summed E-state index contributed by atoms with van der Waals surface area (Å²) in [4.78, 5) is 20.6. The Labute approximate surface area is 202 Å². The molecule has 0 unspecified atom stereocenters. The minimum absolute atomic E-state index is 0.0406. The van der Waals surface area contributed by atoms with Crippen LogP contribution in [-0.2, 0) is 4.74 Å². The van der Waals surface area contributed by atoms with Crippen LogP contribution in [0.3, 0.4) is 0 Å². The van der Waals surface area contributed by atoms with E-state index in [2.05, 4.69) is 16.0 Å². The standard InChI is InChI=1S/C27H23N3O5/c1-16(31)19-12-24(32-2)26(30-15-19)25-13-22-27(35-25)21(5-8-29-22)17-3-4-23(18(11-17)14-28)34-20-6-9-33-10-7-20/h3-5,8,11-13,15,20H,6-7,9-10H2,1-2H3. The molecule has 0 saturated carbocycles. The molecule has 0 amide bonds. The van der Waals surface area contributed by atoms with E-state index in [9.17, 15) is 10.1 Å². The first-order valence-electron chi connectivity index (χ1n) is 11.3. The Bertz CT molecular complexity index is 1450. The molecule has 0 N–H and O–H groups in total. The van der Waals surface area contributed by atoms with Crippen molar-refractivity contribution in [3.63, 3.8) is 0 Å². The Hall–Kier alpha value is -4.22. The Morgan fingerprint density at radius 2 is 1.94 bits per heavy atom. The molecule has 1 aliphatic heterocycles. The zero-order valence-corrected chi connectivity index (χ0v) is 19.4. The minimum Gasteiger partial charge on any atom is -0.494 e. The first kappa shape index (κ1) is 22.6. The summed E-state index contributed by atoms with van der Waals surface area (Å²) in [5, 5.41) is 9.77. The summed E-state index contributed by atoms with van der Waals surface area (Å²) < 4.78 is 23.1. The van der Waals surface area contributed by atoms with Crippen LogP contribution in [0.25, 0.3) is 33.7 Å². The average molecular weight is 469 g/mol. The van der Waals surface area contributed by atoms with Crippen molar-refractivity contribution >= 4 is 16.9 Å². The van der Waals surface area contributed by atoms with Crippen LogP contribution < -0.4 is 9.47 Å². The number of nitriles is 1. The van der Waals surface area contributed by atoms with Gasteiger partial charge in [-0.2, -0.15) is 5.26 Å². The topological polar surface area (TPSA) is 107 Å². The van der Waals surface area contributed by atoms with Crippen LogP contribution in [0.15, 0.2) is 53.2 Å². The Morgan fingerprint density at radius 1 is 1.11 bits per heavy atom. The van der Waals surface area contributed by atoms with Crippen LogP contribution in [0.5, 0.6) is 11.5 Å². The third kappa shape index (κ3) is 4.46. The predicted molar refractivity (Wildman–Crippen MR) is 128 cm³/mol. The maximum absolute atomic E-state index is 11.7. The molecule has 3 aromatic heterocycles. The van der Waals surface area contributed by atoms with Gasteiger partial charge in [0, 0.05) is 42.4 Å². The molecular weight excluding hydrogens is 446 g/mol. The van der Waals surface area contributed by atoms with Crippen molar-refractivity contribution in [3.05, 3.63) is 59.9 Å². The number of carbonyl (C=O) groups excluding carboxylic acids is 1. The summed E-state index contributed by atoms with van der Waals surface area (Å²) in [6.45, 7) is 2.80. The number of fused-ring (bicyclic) bond motifs is 1. The third-order valence-corrected chi connectivity index (χ3v) is 6.00. The Morgan fingerprint density at radius 3 is 2.69 bits per heavy atom. The number of nitrogens with zero attached hydrogens (tertiary/aromatic N) is 3. The normalized spacial score (nSPS) is 14.0. The van der Waals surface area contributed by atoms with Gasteiger partial charge < -0.3 is 18.6 Å². The molecule has 4 aromatic rings. The van der Waals surface area contributed by atoms with Crippen molar-refractivity contribution in [1.29, 1.82) is 5.26 Å². The summed E-state index contributed by atoms with van der Waals surface area (Å²) in [6, 6.07) is 13.0. The van der Waals surface area contributed by atoms with E-state index in [4.69, 9.17) is 18.6 Å². The van der Waals surface area contributed by atoms with Gasteiger partial charge in [-0.3, -0.25) is 9.78 Å². The smallest absolute Gasteiger partial charge is 0.161 e. The third-order valence-electron chi connectivity index (χ3n) is 6.00. The summed E-state index contributed by atoms with van der Waals surface area (Å²) in [5.74, 6) is 1.35. The highest BCUT2D eigenvalue weighted by Crippen LogP contribution is 2.37. The van der Waals surface area contributed by atoms with Crippen LogP contribution >= 0.6 is 0 Å². The highest BCUT2D eigenvalue weighted by atomic mass is 16.5. The van der Waals surface area contributed by atoms with Crippen LogP contribution in [0.4, 0.5) is 0 Å². The van der Waals surface area contributed by atoms with E-state index in [1.165, 1.54) is 20.2 Å². The molecule has 8 nitrogen and oxygen atoms in total. The Balaban J connectivity index is 1.53. The number of ketones is 1. The van der Waals surface area contributed by atoms with Crippen molar-refractivity contribution < 1.29 is 23.4 Å². The van der Waals surface area contributed by atoms with Gasteiger partial charge in [0.05, 0.1) is 25.9 Å². The summed E-state index contributed by atoms with van der Waals surface area (Å²) in [5.41, 5.74) is 4.17. The van der Waals surface area contributed by atoms with E-state index in [1.54, 1.807) is 24.4 Å². The van der Waals surface area contributed by atoms with E-state index in [1.807, 2.05) is 18.2 Å². The maximum atomic E-state index is 11.7. The number of carbonyl (C=O) groups is 1. The minimum atomic E-state index is -0.103. The van der Waals surface area contributed by atoms with Crippen molar-refractivity contribution in [2.24, 2.45) is 0 Å². The van der Waals surface area contributed by atoms with Gasteiger partial charge in [-0.15, -0.1) is 0 Å². The lowest BCUT2D eigenvalue weighted by molar-refractivity contribution is 0.0254. The number of hydrogen-bond donors (Lipinski definition) is 0. The lowest BCUT2D eigenvalue weighted by Crippen LogP contribution is -2.26. The van der Waals surface area contributed by atoms with Gasteiger partial charge in [0.15, 0.2) is 17.1 Å². The molecule has 0 bridgehead atoms. The fourth-order valence-electron chi connectivity index (χ4n) is 4.12. The van der Waals surface area contributed by atoms with Crippen LogP contribution in [-0.4, -0.2) is 42.2 Å². The van der Waals surface area contributed by atoms with Gasteiger partial charge in [0.1, 0.15) is 34.9 Å². The fraction of sp³-hybridized carbons (Fsp3) is 0.259. The monoisotopic (exact) mass is 469 g/mol. The quantitative estimate of drug-likeness (QED) is 0.355. The molecule has 1 aromatic carbocycles. The zero-order valence-electron chi connectivity index (χ0n) is 19.4. The second kappa shape index (κ2) is 9.57. The van der Waals surface area contributed by atoms with Gasteiger partial charge in [-0.25, -0.2) is 4.98 Å². The first-order valence-corrected chi connectivity index (χ1v) is 11.3. The molecule has 5 rings (SSSR count). The second-order valence-corrected chi connectivity index (χ2v) is 8.27. The molecule has 0 spiro atoms.